The minimum absolute atomic E-state index is 0.199. The molecule has 9 heteroatoms. The SMILES string of the molecule is CC.CC.CC.CN.CO.Cn1c(=O)c2c([nH]c(=O)n2C)n(C)c1=O. The van der Waals surface area contributed by atoms with Crippen molar-refractivity contribution in [2.24, 2.45) is 26.9 Å². The minimum Gasteiger partial charge on any atom is -0.400 e. The van der Waals surface area contributed by atoms with E-state index >= 15 is 0 Å². The highest BCUT2D eigenvalue weighted by Gasteiger charge is 2.13. The van der Waals surface area contributed by atoms with Gasteiger partial charge >= 0.3 is 11.4 Å². The Morgan fingerprint density at radius 2 is 1.12 bits per heavy atom. The molecule has 0 aliphatic heterocycles. The lowest BCUT2D eigenvalue weighted by molar-refractivity contribution is 0.399. The number of aromatic amines is 1. The fourth-order valence-corrected chi connectivity index (χ4v) is 1.56. The summed E-state index contributed by atoms with van der Waals surface area (Å²) in [5.41, 5.74) is 3.59. The number of rotatable bonds is 0. The van der Waals surface area contributed by atoms with E-state index in [0.717, 1.165) is 11.7 Å². The van der Waals surface area contributed by atoms with Gasteiger partial charge in [0.25, 0.3) is 5.56 Å². The van der Waals surface area contributed by atoms with Crippen LogP contribution in [0.1, 0.15) is 41.5 Å². The summed E-state index contributed by atoms with van der Waals surface area (Å²) in [7, 11) is 6.86. The van der Waals surface area contributed by atoms with Crippen LogP contribution in [-0.2, 0) is 21.1 Å². The first-order chi connectivity index (χ1) is 11.9. The van der Waals surface area contributed by atoms with E-state index in [4.69, 9.17) is 5.11 Å². The predicted octanol–water partition coefficient (Wildman–Crippen LogP) is 0.526. The third-order valence-electron chi connectivity index (χ3n) is 2.51. The van der Waals surface area contributed by atoms with Crippen LogP contribution < -0.4 is 22.7 Å². The molecule has 9 nitrogen and oxygen atoms in total. The molecule has 0 atom stereocenters. The van der Waals surface area contributed by atoms with Gasteiger partial charge in [-0.05, 0) is 7.05 Å². The van der Waals surface area contributed by atoms with Crippen molar-refractivity contribution in [3.63, 3.8) is 0 Å². The number of H-pyrrole nitrogens is 1. The molecule has 2 heterocycles. The molecule has 150 valence electrons. The number of hydrogen-bond donors (Lipinski definition) is 3. The summed E-state index contributed by atoms with van der Waals surface area (Å²) in [4.78, 5) is 37.0. The second kappa shape index (κ2) is 18.2. The Kier molecular flexibility index (Phi) is 22.4. The highest BCUT2D eigenvalue weighted by Crippen LogP contribution is 1.98. The lowest BCUT2D eigenvalue weighted by Gasteiger charge is -2.02. The smallest absolute Gasteiger partial charge is 0.332 e. The Morgan fingerprint density at radius 3 is 1.48 bits per heavy atom. The Morgan fingerprint density at radius 1 is 0.760 bits per heavy atom. The monoisotopic (exact) mass is 363 g/mol. The molecule has 0 aliphatic carbocycles. The molecule has 25 heavy (non-hydrogen) atoms. The van der Waals surface area contributed by atoms with E-state index in [1.165, 1.54) is 37.3 Å². The molecule has 4 N–H and O–H groups in total. The first-order valence-corrected chi connectivity index (χ1v) is 8.32. The molecule has 0 bridgehead atoms. The van der Waals surface area contributed by atoms with Gasteiger partial charge in [-0.3, -0.25) is 23.5 Å². The third-order valence-corrected chi connectivity index (χ3v) is 2.51. The summed E-state index contributed by atoms with van der Waals surface area (Å²) in [5.74, 6) is 0. The summed E-state index contributed by atoms with van der Waals surface area (Å²) in [5, 5.41) is 7.00. The molecule has 2 aromatic rings. The second-order valence-electron chi connectivity index (χ2n) is 3.39. The van der Waals surface area contributed by atoms with Gasteiger partial charge in [0.15, 0.2) is 5.52 Å². The highest BCUT2D eigenvalue weighted by molar-refractivity contribution is 5.69. The van der Waals surface area contributed by atoms with E-state index in [9.17, 15) is 14.4 Å². The zero-order valence-electron chi connectivity index (χ0n) is 17.6. The van der Waals surface area contributed by atoms with Crippen molar-refractivity contribution in [3.05, 3.63) is 31.3 Å². The maximum Gasteiger partial charge on any atom is 0.332 e. The van der Waals surface area contributed by atoms with Crippen LogP contribution in [0.2, 0.25) is 0 Å². The molecule has 0 radical (unpaired) electrons. The Balaban J connectivity index is -0.000000191. The standard InChI is InChI=1S/C8H10N4O3.3C2H6.CH5N.CH4O/c1-10-4-5(9-7(10)14)11(2)8(15)12(3)6(4)13;5*1-2/h1-3H3,(H,9,14);3*1-2H3;2H2,1H3;2H,1H3. The number of imidazole rings is 1. The van der Waals surface area contributed by atoms with E-state index in [1.807, 2.05) is 41.5 Å². The van der Waals surface area contributed by atoms with Crippen LogP contribution in [0.5, 0.6) is 0 Å². The average molecular weight is 364 g/mol. The van der Waals surface area contributed by atoms with E-state index in [-0.39, 0.29) is 11.2 Å². The van der Waals surface area contributed by atoms with Crippen LogP contribution >= 0.6 is 0 Å². The minimum atomic E-state index is -0.478. The predicted molar refractivity (Wildman–Crippen MR) is 106 cm³/mol. The second-order valence-corrected chi connectivity index (χ2v) is 3.39. The first-order valence-electron chi connectivity index (χ1n) is 8.32. The van der Waals surface area contributed by atoms with Crippen molar-refractivity contribution >= 4 is 11.2 Å². The molecule has 0 amide bonds. The zero-order chi connectivity index (χ0) is 21.3. The Bertz CT molecular complexity index is 723. The number of aliphatic hydroxyl groups excluding tert-OH is 1. The summed E-state index contributed by atoms with van der Waals surface area (Å²) in [6, 6.07) is 0. The van der Waals surface area contributed by atoms with Crippen LogP contribution in [0, 0.1) is 0 Å². The molecule has 0 spiro atoms. The largest absolute Gasteiger partial charge is 0.400 e. The van der Waals surface area contributed by atoms with Gasteiger partial charge in [0.1, 0.15) is 5.65 Å². The van der Waals surface area contributed by atoms with E-state index < -0.39 is 16.9 Å². The molecular weight excluding hydrogens is 326 g/mol. The van der Waals surface area contributed by atoms with Crippen LogP contribution in [0.4, 0.5) is 0 Å². The van der Waals surface area contributed by atoms with Crippen LogP contribution in [0.3, 0.4) is 0 Å². The zero-order valence-corrected chi connectivity index (χ0v) is 17.6. The van der Waals surface area contributed by atoms with Crippen molar-refractivity contribution < 1.29 is 5.11 Å². The molecule has 0 fully saturated rings. The quantitative estimate of drug-likeness (QED) is 0.629. The fourth-order valence-electron chi connectivity index (χ4n) is 1.56. The normalized spacial score (nSPS) is 7.88. The molecule has 0 saturated heterocycles. The number of aromatic nitrogens is 4. The van der Waals surface area contributed by atoms with E-state index in [0.29, 0.717) is 0 Å². The fraction of sp³-hybridized carbons (Fsp3) is 0.688. The van der Waals surface area contributed by atoms with Gasteiger partial charge in [0.2, 0.25) is 0 Å². The number of nitrogens with zero attached hydrogens (tertiary/aromatic N) is 3. The van der Waals surface area contributed by atoms with Gasteiger partial charge in [-0.1, -0.05) is 41.5 Å². The molecule has 0 unspecified atom stereocenters. The van der Waals surface area contributed by atoms with Crippen LogP contribution in [0.15, 0.2) is 14.4 Å². The summed E-state index contributed by atoms with van der Waals surface area (Å²) in [6.45, 7) is 12.0. The summed E-state index contributed by atoms with van der Waals surface area (Å²) < 4.78 is 3.39. The van der Waals surface area contributed by atoms with Crippen molar-refractivity contribution in [2.75, 3.05) is 14.2 Å². The van der Waals surface area contributed by atoms with Gasteiger partial charge in [-0.25, -0.2) is 9.59 Å². The topological polar surface area (TPSA) is 128 Å². The van der Waals surface area contributed by atoms with Crippen molar-refractivity contribution in [1.29, 1.82) is 0 Å². The summed E-state index contributed by atoms with van der Waals surface area (Å²) >= 11 is 0. The average Bonchev–Trinajstić information content (AvgIpc) is 3.01. The maximum atomic E-state index is 11.7. The van der Waals surface area contributed by atoms with Crippen LogP contribution in [0.25, 0.3) is 11.2 Å². The van der Waals surface area contributed by atoms with Crippen molar-refractivity contribution in [1.82, 2.24) is 18.7 Å². The van der Waals surface area contributed by atoms with Gasteiger partial charge in [0.05, 0.1) is 0 Å². The first kappa shape index (κ1) is 30.7. The number of nitrogens with two attached hydrogens (primary N) is 1. The number of nitrogens with one attached hydrogen (secondary N) is 1. The van der Waals surface area contributed by atoms with Crippen molar-refractivity contribution in [3.8, 4) is 0 Å². The van der Waals surface area contributed by atoms with Gasteiger partial charge in [-0.2, -0.15) is 0 Å². The van der Waals surface area contributed by atoms with Crippen molar-refractivity contribution in [2.45, 2.75) is 41.5 Å². The molecule has 0 aromatic carbocycles. The van der Waals surface area contributed by atoms with Gasteiger partial charge < -0.3 is 10.8 Å². The lowest BCUT2D eigenvalue weighted by Crippen LogP contribution is -2.37. The molecule has 0 aliphatic rings. The number of aryl methyl sites for hydroxylation is 2. The maximum absolute atomic E-state index is 11.7. The number of fused-ring (bicyclic) bond motifs is 1. The number of hydrogen-bond acceptors (Lipinski definition) is 5. The van der Waals surface area contributed by atoms with E-state index in [1.54, 1.807) is 0 Å². The molecule has 2 aromatic heterocycles. The Labute approximate surface area is 149 Å². The van der Waals surface area contributed by atoms with Gasteiger partial charge in [0, 0.05) is 28.3 Å². The third kappa shape index (κ3) is 7.53. The number of aliphatic hydroxyl groups is 1. The van der Waals surface area contributed by atoms with Gasteiger partial charge in [-0.15, -0.1) is 0 Å². The lowest BCUT2D eigenvalue weighted by atomic mass is 10.5. The summed E-state index contributed by atoms with van der Waals surface area (Å²) in [6.07, 6.45) is 0. The molecular formula is C16H37N5O4. The Hall–Kier alpha value is -2.13. The van der Waals surface area contributed by atoms with E-state index in [2.05, 4.69) is 10.7 Å². The molecule has 0 saturated carbocycles. The van der Waals surface area contributed by atoms with Crippen LogP contribution in [-0.4, -0.2) is 37.9 Å². The highest BCUT2D eigenvalue weighted by atomic mass is 16.2. The molecule has 2 rings (SSSR count).